The fourth-order valence-corrected chi connectivity index (χ4v) is 3.18. The maximum absolute atomic E-state index is 5.26. The molecule has 2 rings (SSSR count). The van der Waals surface area contributed by atoms with Gasteiger partial charge in [-0.15, -0.1) is 11.3 Å². The smallest absolute Gasteiger partial charge is 0.121 e. The molecule has 19 heavy (non-hydrogen) atoms. The number of nitrogens with one attached hydrogen (secondary N) is 1. The lowest BCUT2D eigenvalue weighted by molar-refractivity contribution is 0.415. The molecule has 0 amide bonds. The summed E-state index contributed by atoms with van der Waals surface area (Å²) >= 11 is 5.43. The van der Waals surface area contributed by atoms with Crippen LogP contribution in [0.25, 0.3) is 0 Å². The lowest BCUT2D eigenvalue weighted by atomic mass is 10.2. The number of benzene rings is 1. The van der Waals surface area contributed by atoms with Gasteiger partial charge in [0.05, 0.1) is 18.8 Å². The van der Waals surface area contributed by atoms with Gasteiger partial charge in [0, 0.05) is 20.3 Å². The molecule has 1 atom stereocenters. The maximum Gasteiger partial charge on any atom is 0.121 e. The van der Waals surface area contributed by atoms with Crippen LogP contribution in [0.5, 0.6) is 5.75 Å². The molecule has 0 radical (unpaired) electrons. The monoisotopic (exact) mass is 339 g/mol. The van der Waals surface area contributed by atoms with E-state index < -0.39 is 0 Å². The molecule has 2 nitrogen and oxygen atoms in total. The van der Waals surface area contributed by atoms with Crippen molar-refractivity contribution in [3.05, 3.63) is 44.6 Å². The number of methoxy groups -OCH3 is 1. The molecule has 1 heterocycles. The molecule has 1 N–H and O–H groups in total. The van der Waals surface area contributed by atoms with Crippen molar-refractivity contribution in [3.8, 4) is 5.75 Å². The first kappa shape index (κ1) is 14.4. The largest absolute Gasteiger partial charge is 0.497 e. The molecule has 1 unspecified atom stereocenters. The highest BCUT2D eigenvalue weighted by Crippen LogP contribution is 2.32. The number of aryl methyl sites for hydroxylation is 1. The zero-order valence-corrected chi connectivity index (χ0v) is 13.8. The molecule has 1 aromatic heterocycles. The van der Waals surface area contributed by atoms with E-state index in [1.165, 1.54) is 9.75 Å². The van der Waals surface area contributed by atoms with Gasteiger partial charge in [-0.1, -0.05) is 6.92 Å². The highest BCUT2D eigenvalue weighted by Gasteiger charge is 2.10. The predicted octanol–water partition coefficient (Wildman–Crippen LogP) is 5.25. The third-order valence-corrected chi connectivity index (χ3v) is 5.11. The van der Waals surface area contributed by atoms with Gasteiger partial charge >= 0.3 is 0 Å². The molecular formula is C15H18BrNOS. The molecule has 102 valence electrons. The van der Waals surface area contributed by atoms with Crippen molar-refractivity contribution in [3.63, 3.8) is 0 Å². The van der Waals surface area contributed by atoms with Crippen LogP contribution in [0, 0.1) is 0 Å². The molecule has 1 aromatic carbocycles. The van der Waals surface area contributed by atoms with Gasteiger partial charge in [-0.25, -0.2) is 0 Å². The third kappa shape index (κ3) is 3.51. The maximum atomic E-state index is 5.26. The Bertz CT molecular complexity index is 553. The van der Waals surface area contributed by atoms with Crippen LogP contribution in [-0.4, -0.2) is 7.11 Å². The molecule has 0 saturated heterocycles. The quantitative estimate of drug-likeness (QED) is 0.802. The zero-order valence-electron chi connectivity index (χ0n) is 11.4. The van der Waals surface area contributed by atoms with Crippen LogP contribution in [0.2, 0.25) is 0 Å². The predicted molar refractivity (Wildman–Crippen MR) is 86.4 cm³/mol. The van der Waals surface area contributed by atoms with Crippen molar-refractivity contribution < 1.29 is 4.74 Å². The second kappa shape index (κ2) is 6.44. The van der Waals surface area contributed by atoms with E-state index in [0.29, 0.717) is 0 Å². The number of halogens is 1. The summed E-state index contributed by atoms with van der Waals surface area (Å²) in [7, 11) is 1.68. The van der Waals surface area contributed by atoms with Crippen molar-refractivity contribution in [1.29, 1.82) is 0 Å². The number of anilines is 1. The fraction of sp³-hybridized carbons (Fsp3) is 0.333. The van der Waals surface area contributed by atoms with E-state index in [2.05, 4.69) is 47.2 Å². The first-order valence-electron chi connectivity index (χ1n) is 6.32. The minimum Gasteiger partial charge on any atom is -0.497 e. The van der Waals surface area contributed by atoms with Crippen molar-refractivity contribution in [1.82, 2.24) is 0 Å². The van der Waals surface area contributed by atoms with Crippen LogP contribution >= 0.6 is 27.3 Å². The minimum absolute atomic E-state index is 0.286. The van der Waals surface area contributed by atoms with Gasteiger partial charge in [-0.2, -0.15) is 0 Å². The number of hydrogen-bond donors (Lipinski definition) is 1. The van der Waals surface area contributed by atoms with E-state index in [-0.39, 0.29) is 6.04 Å². The first-order chi connectivity index (χ1) is 9.13. The molecule has 0 spiro atoms. The summed E-state index contributed by atoms with van der Waals surface area (Å²) < 4.78 is 6.31. The first-order valence-corrected chi connectivity index (χ1v) is 7.93. The average Bonchev–Trinajstić information content (AvgIpc) is 2.90. The standard InChI is InChI=1S/C15H18BrNOS/c1-4-12-6-8-15(19-12)10(2)17-14-9-11(18-3)5-7-13(14)16/h5-10,17H,4H2,1-3H3. The summed E-state index contributed by atoms with van der Waals surface area (Å²) in [5.74, 6) is 0.860. The van der Waals surface area contributed by atoms with E-state index >= 15 is 0 Å². The van der Waals surface area contributed by atoms with Gasteiger partial charge in [0.15, 0.2) is 0 Å². The summed E-state index contributed by atoms with van der Waals surface area (Å²) in [5, 5.41) is 3.52. The summed E-state index contributed by atoms with van der Waals surface area (Å²) in [6.45, 7) is 4.36. The van der Waals surface area contributed by atoms with Gasteiger partial charge in [0.1, 0.15) is 5.75 Å². The molecule has 0 aliphatic heterocycles. The van der Waals surface area contributed by atoms with Crippen LogP contribution in [0.15, 0.2) is 34.8 Å². The number of thiophene rings is 1. The summed E-state index contributed by atoms with van der Waals surface area (Å²) in [6, 6.07) is 10.6. The van der Waals surface area contributed by atoms with Gasteiger partial charge < -0.3 is 10.1 Å². The Morgan fingerprint density at radius 2 is 2.11 bits per heavy atom. The number of ether oxygens (including phenoxy) is 1. The van der Waals surface area contributed by atoms with Crippen molar-refractivity contribution in [2.75, 3.05) is 12.4 Å². The Hall–Kier alpha value is -1.000. The second-order valence-electron chi connectivity index (χ2n) is 4.37. The lowest BCUT2D eigenvalue weighted by Crippen LogP contribution is -2.05. The Morgan fingerprint density at radius 1 is 1.32 bits per heavy atom. The molecular weight excluding hydrogens is 322 g/mol. The molecule has 0 fully saturated rings. The zero-order chi connectivity index (χ0) is 13.8. The fourth-order valence-electron chi connectivity index (χ4n) is 1.86. The molecule has 4 heteroatoms. The van der Waals surface area contributed by atoms with Crippen LogP contribution in [-0.2, 0) is 6.42 Å². The SMILES string of the molecule is CCc1ccc(C(C)Nc2cc(OC)ccc2Br)s1. The molecule has 0 aliphatic carbocycles. The van der Waals surface area contributed by atoms with E-state index in [4.69, 9.17) is 4.74 Å². The topological polar surface area (TPSA) is 21.3 Å². The second-order valence-corrected chi connectivity index (χ2v) is 6.42. The Balaban J connectivity index is 2.15. The highest BCUT2D eigenvalue weighted by molar-refractivity contribution is 9.10. The van der Waals surface area contributed by atoms with Gasteiger partial charge in [0.25, 0.3) is 0 Å². The minimum atomic E-state index is 0.286. The molecule has 0 saturated carbocycles. The third-order valence-electron chi connectivity index (χ3n) is 3.00. The number of hydrogen-bond acceptors (Lipinski definition) is 3. The Morgan fingerprint density at radius 3 is 2.74 bits per heavy atom. The van der Waals surface area contributed by atoms with Crippen molar-refractivity contribution in [2.24, 2.45) is 0 Å². The van der Waals surface area contributed by atoms with E-state index in [1.54, 1.807) is 7.11 Å². The van der Waals surface area contributed by atoms with Crippen molar-refractivity contribution >= 4 is 33.0 Å². The van der Waals surface area contributed by atoms with Crippen LogP contribution < -0.4 is 10.1 Å². The van der Waals surface area contributed by atoms with Gasteiger partial charge in [-0.05, 0) is 53.5 Å². The number of rotatable bonds is 5. The van der Waals surface area contributed by atoms with Gasteiger partial charge in [0.2, 0.25) is 0 Å². The van der Waals surface area contributed by atoms with E-state index in [9.17, 15) is 0 Å². The summed E-state index contributed by atoms with van der Waals surface area (Å²) in [6.07, 6.45) is 1.10. The summed E-state index contributed by atoms with van der Waals surface area (Å²) in [4.78, 5) is 2.78. The normalized spacial score (nSPS) is 12.2. The highest BCUT2D eigenvalue weighted by atomic mass is 79.9. The van der Waals surface area contributed by atoms with Crippen LogP contribution in [0.4, 0.5) is 5.69 Å². The Kier molecular flexibility index (Phi) is 4.88. The van der Waals surface area contributed by atoms with E-state index in [0.717, 1.165) is 22.3 Å². The Labute approximate surface area is 126 Å². The summed E-state index contributed by atoms with van der Waals surface area (Å²) in [5.41, 5.74) is 1.05. The molecule has 0 aliphatic rings. The molecule has 2 aromatic rings. The van der Waals surface area contributed by atoms with Crippen LogP contribution in [0.3, 0.4) is 0 Å². The average molecular weight is 340 g/mol. The molecule has 0 bridgehead atoms. The lowest BCUT2D eigenvalue weighted by Gasteiger charge is -2.16. The van der Waals surface area contributed by atoms with E-state index in [1.807, 2.05) is 29.5 Å². The van der Waals surface area contributed by atoms with Gasteiger partial charge in [-0.3, -0.25) is 0 Å². The van der Waals surface area contributed by atoms with Crippen LogP contribution in [0.1, 0.15) is 29.6 Å². The van der Waals surface area contributed by atoms with Crippen molar-refractivity contribution in [2.45, 2.75) is 26.3 Å².